The molecule has 0 aromatic carbocycles. The van der Waals surface area contributed by atoms with Crippen LogP contribution in [0.2, 0.25) is 5.02 Å². The SMILES string of the molecule is CC(C)OCC(N)c1sccc1Cl. The maximum atomic E-state index is 5.92. The van der Waals surface area contributed by atoms with Crippen molar-refractivity contribution >= 4 is 22.9 Å². The van der Waals surface area contributed by atoms with Gasteiger partial charge < -0.3 is 10.5 Å². The molecule has 0 bridgehead atoms. The molecule has 0 aliphatic heterocycles. The van der Waals surface area contributed by atoms with E-state index < -0.39 is 0 Å². The molecule has 0 saturated carbocycles. The first kappa shape index (κ1) is 11.0. The summed E-state index contributed by atoms with van der Waals surface area (Å²) in [4.78, 5) is 1.00. The van der Waals surface area contributed by atoms with Crippen molar-refractivity contribution < 1.29 is 4.74 Å². The van der Waals surface area contributed by atoms with Crippen LogP contribution in [0, 0.1) is 0 Å². The highest BCUT2D eigenvalue weighted by Crippen LogP contribution is 2.27. The van der Waals surface area contributed by atoms with Crippen molar-refractivity contribution in [1.82, 2.24) is 0 Å². The number of hydrogen-bond acceptors (Lipinski definition) is 3. The van der Waals surface area contributed by atoms with Gasteiger partial charge in [0.15, 0.2) is 0 Å². The fourth-order valence-corrected chi connectivity index (χ4v) is 2.13. The van der Waals surface area contributed by atoms with Crippen molar-refractivity contribution in [2.24, 2.45) is 5.73 Å². The Bertz CT molecular complexity index is 262. The highest BCUT2D eigenvalue weighted by Gasteiger charge is 2.12. The van der Waals surface area contributed by atoms with E-state index in [1.807, 2.05) is 25.3 Å². The average Bonchev–Trinajstić information content (AvgIpc) is 2.47. The number of hydrogen-bond donors (Lipinski definition) is 1. The molecule has 13 heavy (non-hydrogen) atoms. The maximum absolute atomic E-state index is 5.92. The van der Waals surface area contributed by atoms with Crippen LogP contribution in [-0.2, 0) is 4.74 Å². The monoisotopic (exact) mass is 219 g/mol. The van der Waals surface area contributed by atoms with Gasteiger partial charge in [-0.25, -0.2) is 0 Å². The van der Waals surface area contributed by atoms with Gasteiger partial charge in [-0.1, -0.05) is 11.6 Å². The molecule has 1 rings (SSSR count). The molecule has 1 unspecified atom stereocenters. The van der Waals surface area contributed by atoms with E-state index in [9.17, 15) is 0 Å². The summed E-state index contributed by atoms with van der Waals surface area (Å²) in [7, 11) is 0. The Morgan fingerprint density at radius 2 is 2.31 bits per heavy atom. The molecular weight excluding hydrogens is 206 g/mol. The first-order valence-electron chi connectivity index (χ1n) is 4.21. The molecule has 0 amide bonds. The van der Waals surface area contributed by atoms with Gasteiger partial charge in [0, 0.05) is 4.88 Å². The molecule has 0 saturated heterocycles. The van der Waals surface area contributed by atoms with E-state index in [0.29, 0.717) is 6.61 Å². The molecule has 0 radical (unpaired) electrons. The van der Waals surface area contributed by atoms with Crippen LogP contribution < -0.4 is 5.73 Å². The van der Waals surface area contributed by atoms with E-state index in [1.54, 1.807) is 11.3 Å². The lowest BCUT2D eigenvalue weighted by molar-refractivity contribution is 0.0688. The number of nitrogens with two attached hydrogens (primary N) is 1. The van der Waals surface area contributed by atoms with Gasteiger partial charge in [0.05, 0.1) is 23.8 Å². The summed E-state index contributed by atoms with van der Waals surface area (Å²) < 4.78 is 5.41. The van der Waals surface area contributed by atoms with Crippen LogP contribution in [0.15, 0.2) is 11.4 Å². The Morgan fingerprint density at radius 3 is 2.77 bits per heavy atom. The topological polar surface area (TPSA) is 35.2 Å². The second-order valence-electron chi connectivity index (χ2n) is 3.12. The second kappa shape index (κ2) is 4.96. The number of rotatable bonds is 4. The minimum atomic E-state index is -0.102. The number of thiophene rings is 1. The quantitative estimate of drug-likeness (QED) is 0.845. The highest BCUT2D eigenvalue weighted by atomic mass is 35.5. The third kappa shape index (κ3) is 3.27. The predicted octanol–water partition coefficient (Wildman–Crippen LogP) is 2.83. The summed E-state index contributed by atoms with van der Waals surface area (Å²) in [5, 5.41) is 2.68. The lowest BCUT2D eigenvalue weighted by Crippen LogP contribution is -2.18. The lowest BCUT2D eigenvalue weighted by Gasteiger charge is -2.13. The Hall–Kier alpha value is -0.0900. The van der Waals surface area contributed by atoms with Crippen molar-refractivity contribution in [1.29, 1.82) is 0 Å². The van der Waals surface area contributed by atoms with Crippen LogP contribution in [0.25, 0.3) is 0 Å². The van der Waals surface area contributed by atoms with Crippen molar-refractivity contribution in [2.45, 2.75) is 26.0 Å². The van der Waals surface area contributed by atoms with Gasteiger partial charge in [-0.15, -0.1) is 11.3 Å². The van der Waals surface area contributed by atoms with Crippen molar-refractivity contribution in [3.63, 3.8) is 0 Å². The van der Waals surface area contributed by atoms with Crippen molar-refractivity contribution in [3.8, 4) is 0 Å². The zero-order valence-corrected chi connectivity index (χ0v) is 9.36. The van der Waals surface area contributed by atoms with Crippen LogP contribution in [0.4, 0.5) is 0 Å². The van der Waals surface area contributed by atoms with Crippen LogP contribution in [0.5, 0.6) is 0 Å². The van der Waals surface area contributed by atoms with Gasteiger partial charge in [-0.2, -0.15) is 0 Å². The third-order valence-electron chi connectivity index (χ3n) is 1.59. The van der Waals surface area contributed by atoms with E-state index in [-0.39, 0.29) is 12.1 Å². The molecule has 1 heterocycles. The predicted molar refractivity (Wildman–Crippen MR) is 57.3 cm³/mol. The minimum absolute atomic E-state index is 0.102. The summed E-state index contributed by atoms with van der Waals surface area (Å²) in [5.41, 5.74) is 5.89. The fraction of sp³-hybridized carbons (Fsp3) is 0.556. The molecule has 0 spiro atoms. The lowest BCUT2D eigenvalue weighted by atomic mass is 10.3. The summed E-state index contributed by atoms with van der Waals surface area (Å²) >= 11 is 7.50. The van der Waals surface area contributed by atoms with Crippen LogP contribution in [0.1, 0.15) is 24.8 Å². The number of ether oxygens (including phenoxy) is 1. The van der Waals surface area contributed by atoms with E-state index in [1.165, 1.54) is 0 Å². The van der Waals surface area contributed by atoms with Crippen molar-refractivity contribution in [3.05, 3.63) is 21.3 Å². The van der Waals surface area contributed by atoms with Gasteiger partial charge >= 0.3 is 0 Å². The normalized spacial score (nSPS) is 13.6. The van der Waals surface area contributed by atoms with Crippen molar-refractivity contribution in [2.75, 3.05) is 6.61 Å². The minimum Gasteiger partial charge on any atom is -0.377 e. The fourth-order valence-electron chi connectivity index (χ4n) is 0.942. The standard InChI is InChI=1S/C9H14ClNOS/c1-6(2)12-5-8(11)9-7(10)3-4-13-9/h3-4,6,8H,5,11H2,1-2H3. The molecule has 74 valence electrons. The highest BCUT2D eigenvalue weighted by molar-refractivity contribution is 7.10. The second-order valence-corrected chi connectivity index (χ2v) is 4.48. The van der Waals surface area contributed by atoms with Gasteiger partial charge in [-0.3, -0.25) is 0 Å². The molecule has 0 aliphatic carbocycles. The van der Waals surface area contributed by atoms with Crippen LogP contribution in [0.3, 0.4) is 0 Å². The Labute approximate surface area is 87.7 Å². The van der Waals surface area contributed by atoms with Gasteiger partial charge in [0.2, 0.25) is 0 Å². The molecule has 1 aromatic heterocycles. The van der Waals surface area contributed by atoms with E-state index in [2.05, 4.69) is 0 Å². The van der Waals surface area contributed by atoms with Crippen LogP contribution in [-0.4, -0.2) is 12.7 Å². The molecule has 1 atom stereocenters. The summed E-state index contributed by atoms with van der Waals surface area (Å²) in [6.07, 6.45) is 0.213. The Morgan fingerprint density at radius 1 is 1.62 bits per heavy atom. The molecule has 1 aromatic rings. The third-order valence-corrected chi connectivity index (χ3v) is 3.08. The van der Waals surface area contributed by atoms with Gasteiger partial charge in [-0.05, 0) is 25.3 Å². The Balaban J connectivity index is 2.49. The molecule has 0 fully saturated rings. The zero-order chi connectivity index (χ0) is 9.84. The molecule has 2 N–H and O–H groups in total. The molecular formula is C9H14ClNOS. The van der Waals surface area contributed by atoms with E-state index in [4.69, 9.17) is 22.1 Å². The molecule has 4 heteroatoms. The summed E-state index contributed by atoms with van der Waals surface area (Å²) in [6, 6.07) is 1.76. The Kier molecular flexibility index (Phi) is 4.19. The van der Waals surface area contributed by atoms with Gasteiger partial charge in [0.1, 0.15) is 0 Å². The first-order chi connectivity index (χ1) is 6.11. The van der Waals surface area contributed by atoms with E-state index >= 15 is 0 Å². The van der Waals surface area contributed by atoms with Gasteiger partial charge in [0.25, 0.3) is 0 Å². The zero-order valence-electron chi connectivity index (χ0n) is 7.79. The number of halogens is 1. The smallest absolute Gasteiger partial charge is 0.0671 e. The maximum Gasteiger partial charge on any atom is 0.0671 e. The summed E-state index contributed by atoms with van der Waals surface area (Å²) in [5.74, 6) is 0. The first-order valence-corrected chi connectivity index (χ1v) is 5.47. The molecule has 0 aliphatic rings. The average molecular weight is 220 g/mol. The van der Waals surface area contributed by atoms with Crippen LogP contribution >= 0.6 is 22.9 Å². The molecule has 2 nitrogen and oxygen atoms in total. The summed E-state index contributed by atoms with van der Waals surface area (Å²) in [6.45, 7) is 4.50. The largest absolute Gasteiger partial charge is 0.377 e. The van der Waals surface area contributed by atoms with E-state index in [0.717, 1.165) is 9.90 Å².